The number of nitrogens with two attached hydrogens (primary N) is 1. The number of aromatic amines is 1. The number of benzene rings is 1. The summed E-state index contributed by atoms with van der Waals surface area (Å²) in [5.74, 6) is 0.757. The molecule has 0 aliphatic carbocycles. The Bertz CT molecular complexity index is 708. The van der Waals surface area contributed by atoms with E-state index in [9.17, 15) is 5.11 Å². The van der Waals surface area contributed by atoms with Crippen LogP contribution in [0.25, 0.3) is 10.9 Å². The van der Waals surface area contributed by atoms with Crippen molar-refractivity contribution in [1.29, 1.82) is 0 Å². The molecule has 0 bridgehead atoms. The Hall–Kier alpha value is -2.83. The Balaban J connectivity index is 1.97. The Labute approximate surface area is 102 Å². The molecule has 0 spiro atoms. The van der Waals surface area contributed by atoms with Gasteiger partial charge in [0, 0.05) is 11.9 Å². The van der Waals surface area contributed by atoms with Crippen LogP contribution in [0, 0.1) is 0 Å². The van der Waals surface area contributed by atoms with E-state index in [0.29, 0.717) is 11.2 Å². The number of hydrogen-bond donors (Lipinski definition) is 4. The van der Waals surface area contributed by atoms with Crippen LogP contribution in [-0.4, -0.2) is 25.3 Å². The summed E-state index contributed by atoms with van der Waals surface area (Å²) in [5, 5.41) is 19.7. The van der Waals surface area contributed by atoms with Crippen LogP contribution in [0.4, 0.5) is 17.5 Å². The highest BCUT2D eigenvalue weighted by atomic mass is 16.3. The normalized spacial score (nSPS) is 10.7. The molecule has 0 unspecified atom stereocenters. The zero-order valence-electron chi connectivity index (χ0n) is 9.25. The number of nitrogens with zero attached hydrogens (tertiary/aromatic N) is 3. The number of anilines is 3. The third kappa shape index (κ3) is 1.77. The predicted molar refractivity (Wildman–Crippen MR) is 67.5 cm³/mol. The van der Waals surface area contributed by atoms with Gasteiger partial charge in [0.1, 0.15) is 5.82 Å². The first-order chi connectivity index (χ1) is 8.72. The lowest BCUT2D eigenvalue weighted by atomic mass is 10.2. The molecule has 0 fully saturated rings. The van der Waals surface area contributed by atoms with Gasteiger partial charge in [-0.1, -0.05) is 0 Å². The molecule has 0 saturated carbocycles. The first-order valence-corrected chi connectivity index (χ1v) is 5.25. The van der Waals surface area contributed by atoms with Crippen LogP contribution < -0.4 is 11.1 Å². The van der Waals surface area contributed by atoms with Crippen LogP contribution in [0.15, 0.2) is 30.5 Å². The molecule has 2 aromatic heterocycles. The molecule has 0 radical (unpaired) electrons. The highest BCUT2D eigenvalue weighted by molar-refractivity contribution is 5.87. The quantitative estimate of drug-likeness (QED) is 0.540. The second kappa shape index (κ2) is 3.88. The van der Waals surface area contributed by atoms with Gasteiger partial charge in [-0.2, -0.15) is 4.98 Å². The number of aromatic nitrogens is 4. The van der Waals surface area contributed by atoms with Gasteiger partial charge in [0.15, 0.2) is 0 Å². The van der Waals surface area contributed by atoms with Crippen LogP contribution >= 0.6 is 0 Å². The van der Waals surface area contributed by atoms with Gasteiger partial charge in [-0.3, -0.25) is 5.10 Å². The van der Waals surface area contributed by atoms with Gasteiger partial charge in [-0.05, 0) is 24.3 Å². The fraction of sp³-hybridized carbons (Fsp3) is 0. The molecule has 2 heterocycles. The third-order valence-electron chi connectivity index (χ3n) is 2.49. The smallest absolute Gasteiger partial charge is 0.238 e. The van der Waals surface area contributed by atoms with E-state index in [1.54, 1.807) is 18.3 Å². The van der Waals surface area contributed by atoms with Gasteiger partial charge in [0.05, 0.1) is 10.9 Å². The number of nitrogen functional groups attached to an aromatic ring is 1. The molecule has 0 aliphatic heterocycles. The van der Waals surface area contributed by atoms with Crippen molar-refractivity contribution in [2.45, 2.75) is 0 Å². The van der Waals surface area contributed by atoms with Gasteiger partial charge in [0.25, 0.3) is 0 Å². The largest absolute Gasteiger partial charge is 0.492 e. The second-order valence-corrected chi connectivity index (χ2v) is 3.73. The lowest BCUT2D eigenvalue weighted by molar-refractivity contribution is 0.457. The summed E-state index contributed by atoms with van der Waals surface area (Å²) < 4.78 is 0. The van der Waals surface area contributed by atoms with Crippen LogP contribution in [0.1, 0.15) is 0 Å². The Morgan fingerprint density at radius 1 is 1.28 bits per heavy atom. The minimum atomic E-state index is -0.0316. The molecule has 3 aromatic rings. The molecule has 7 heteroatoms. The van der Waals surface area contributed by atoms with E-state index >= 15 is 0 Å². The van der Waals surface area contributed by atoms with Crippen LogP contribution in [0.2, 0.25) is 0 Å². The van der Waals surface area contributed by atoms with Crippen LogP contribution in [-0.2, 0) is 0 Å². The summed E-state index contributed by atoms with van der Waals surface area (Å²) >= 11 is 0. The van der Waals surface area contributed by atoms with E-state index in [0.717, 1.165) is 11.2 Å². The maximum atomic E-state index is 9.53. The van der Waals surface area contributed by atoms with Crippen molar-refractivity contribution in [3.05, 3.63) is 30.5 Å². The minimum absolute atomic E-state index is 0.0316. The van der Waals surface area contributed by atoms with E-state index in [1.165, 1.54) is 0 Å². The Morgan fingerprint density at radius 2 is 2.17 bits per heavy atom. The molecule has 18 heavy (non-hydrogen) atoms. The number of rotatable bonds is 2. The molecule has 7 nitrogen and oxygen atoms in total. The van der Waals surface area contributed by atoms with Gasteiger partial charge >= 0.3 is 0 Å². The molecule has 0 amide bonds. The molecule has 0 saturated heterocycles. The highest BCUT2D eigenvalue weighted by Crippen LogP contribution is 2.25. The molecule has 3 rings (SSSR count). The lowest BCUT2D eigenvalue weighted by Gasteiger charge is -2.05. The van der Waals surface area contributed by atoms with Crippen LogP contribution in [0.5, 0.6) is 5.88 Å². The van der Waals surface area contributed by atoms with Crippen molar-refractivity contribution < 1.29 is 5.11 Å². The zero-order chi connectivity index (χ0) is 12.5. The molecular formula is C11H10N6O. The second-order valence-electron chi connectivity index (χ2n) is 3.73. The molecule has 90 valence electrons. The number of nitrogens with one attached hydrogen (secondary N) is 2. The van der Waals surface area contributed by atoms with Crippen LogP contribution in [0.3, 0.4) is 0 Å². The molecule has 1 aromatic carbocycles. The summed E-state index contributed by atoms with van der Waals surface area (Å²) in [7, 11) is 0. The first kappa shape index (κ1) is 10.3. The summed E-state index contributed by atoms with van der Waals surface area (Å²) in [5.41, 5.74) is 7.03. The monoisotopic (exact) mass is 242 g/mol. The van der Waals surface area contributed by atoms with E-state index < -0.39 is 0 Å². The van der Waals surface area contributed by atoms with Gasteiger partial charge in [-0.15, -0.1) is 5.10 Å². The highest BCUT2D eigenvalue weighted by Gasteiger charge is 2.05. The van der Waals surface area contributed by atoms with Crippen molar-refractivity contribution in [1.82, 2.24) is 20.2 Å². The molecular weight excluding hydrogens is 232 g/mol. The van der Waals surface area contributed by atoms with Gasteiger partial charge < -0.3 is 16.2 Å². The van der Waals surface area contributed by atoms with E-state index in [1.807, 2.05) is 12.1 Å². The topological polar surface area (TPSA) is 113 Å². The molecule has 0 atom stereocenters. The third-order valence-corrected chi connectivity index (χ3v) is 2.49. The van der Waals surface area contributed by atoms with Gasteiger partial charge in [0.2, 0.25) is 11.8 Å². The maximum absolute atomic E-state index is 9.53. The number of fused-ring (bicyclic) bond motifs is 1. The van der Waals surface area contributed by atoms with E-state index in [-0.39, 0.29) is 11.8 Å². The first-order valence-electron chi connectivity index (χ1n) is 5.25. The lowest BCUT2D eigenvalue weighted by Crippen LogP contribution is -1.98. The SMILES string of the molecule is Nc1nccc(Nc2ccc3[nH]nc(O)c3c2)n1. The van der Waals surface area contributed by atoms with Crippen molar-refractivity contribution in [3.63, 3.8) is 0 Å². The maximum Gasteiger partial charge on any atom is 0.238 e. The van der Waals surface area contributed by atoms with E-state index in [2.05, 4.69) is 25.5 Å². The zero-order valence-corrected chi connectivity index (χ0v) is 9.25. The van der Waals surface area contributed by atoms with Crippen molar-refractivity contribution in [3.8, 4) is 5.88 Å². The number of hydrogen-bond acceptors (Lipinski definition) is 6. The van der Waals surface area contributed by atoms with Crippen molar-refractivity contribution in [2.24, 2.45) is 0 Å². The Morgan fingerprint density at radius 3 is 3.00 bits per heavy atom. The average molecular weight is 242 g/mol. The number of H-pyrrole nitrogens is 1. The summed E-state index contributed by atoms with van der Waals surface area (Å²) in [6.07, 6.45) is 1.57. The predicted octanol–water partition coefficient (Wildman–Crippen LogP) is 1.38. The van der Waals surface area contributed by atoms with Gasteiger partial charge in [-0.25, -0.2) is 4.98 Å². The number of aromatic hydroxyl groups is 1. The average Bonchev–Trinajstić information content (AvgIpc) is 2.71. The minimum Gasteiger partial charge on any atom is -0.492 e. The van der Waals surface area contributed by atoms with E-state index in [4.69, 9.17) is 5.73 Å². The molecule has 0 aliphatic rings. The Kier molecular flexibility index (Phi) is 2.23. The summed E-state index contributed by atoms with van der Waals surface area (Å²) in [4.78, 5) is 7.84. The summed E-state index contributed by atoms with van der Waals surface area (Å²) in [6, 6.07) is 7.13. The summed E-state index contributed by atoms with van der Waals surface area (Å²) in [6.45, 7) is 0. The van der Waals surface area contributed by atoms with Crippen molar-refractivity contribution in [2.75, 3.05) is 11.1 Å². The van der Waals surface area contributed by atoms with Crippen molar-refractivity contribution >= 4 is 28.4 Å². The fourth-order valence-corrected chi connectivity index (χ4v) is 1.67. The molecule has 5 N–H and O–H groups in total. The standard InChI is InChI=1S/C11H10N6O/c12-11-13-4-3-9(15-11)14-6-1-2-8-7(5-6)10(18)17-16-8/h1-5H,(H2,16,17,18)(H3,12,13,14,15). The fourth-order valence-electron chi connectivity index (χ4n) is 1.67.